The van der Waals surface area contributed by atoms with Crippen LogP contribution in [0.4, 0.5) is 9.52 Å². The summed E-state index contributed by atoms with van der Waals surface area (Å²) >= 11 is 1.31. The zero-order chi connectivity index (χ0) is 21.8. The van der Waals surface area contributed by atoms with Gasteiger partial charge in [-0.2, -0.15) is 0 Å². The average molecular weight is 438 g/mol. The number of aryl methyl sites for hydroxylation is 1. The van der Waals surface area contributed by atoms with Gasteiger partial charge in [0.15, 0.2) is 5.13 Å². The molecule has 4 aromatic rings. The number of aromatic nitrogens is 5. The van der Waals surface area contributed by atoms with Crippen LogP contribution in [0.2, 0.25) is 0 Å². The first-order valence-corrected chi connectivity index (χ1v) is 10.3. The Hall–Kier alpha value is -3.66. The maximum absolute atomic E-state index is 13.3. The van der Waals surface area contributed by atoms with Gasteiger partial charge in [0.25, 0.3) is 5.91 Å². The molecule has 0 saturated heterocycles. The Balaban J connectivity index is 1.57. The molecule has 2 aromatic carbocycles. The van der Waals surface area contributed by atoms with Gasteiger partial charge in [-0.3, -0.25) is 4.79 Å². The normalized spacial score (nSPS) is 11.8. The molecule has 31 heavy (non-hydrogen) atoms. The predicted octanol–water partition coefficient (Wildman–Crippen LogP) is 3.68. The van der Waals surface area contributed by atoms with E-state index in [4.69, 9.17) is 4.74 Å². The van der Waals surface area contributed by atoms with E-state index in [9.17, 15) is 9.18 Å². The number of amides is 1. The number of hydrogen-bond acceptors (Lipinski definition) is 7. The fourth-order valence-corrected chi connectivity index (χ4v) is 3.87. The molecule has 0 spiro atoms. The van der Waals surface area contributed by atoms with Crippen molar-refractivity contribution >= 4 is 22.4 Å². The lowest BCUT2D eigenvalue weighted by Gasteiger charge is -2.16. The predicted molar refractivity (Wildman–Crippen MR) is 114 cm³/mol. The molecule has 0 aliphatic rings. The average Bonchev–Trinajstić information content (AvgIpc) is 3.42. The van der Waals surface area contributed by atoms with Crippen molar-refractivity contribution in [1.82, 2.24) is 25.2 Å². The van der Waals surface area contributed by atoms with Crippen LogP contribution >= 0.6 is 11.3 Å². The fourth-order valence-electron chi connectivity index (χ4n) is 3.16. The maximum atomic E-state index is 13.3. The molecular weight excluding hydrogens is 419 g/mol. The molecule has 1 atom stereocenters. The number of benzene rings is 2. The topological polar surface area (TPSA) is 94.8 Å². The van der Waals surface area contributed by atoms with Crippen molar-refractivity contribution in [3.8, 4) is 17.0 Å². The van der Waals surface area contributed by atoms with Crippen molar-refractivity contribution in [2.45, 2.75) is 19.4 Å². The Morgan fingerprint density at radius 2 is 2.00 bits per heavy atom. The van der Waals surface area contributed by atoms with Crippen LogP contribution in [0.3, 0.4) is 0 Å². The van der Waals surface area contributed by atoms with Crippen LogP contribution in [0, 0.1) is 12.7 Å². The molecule has 0 saturated carbocycles. The van der Waals surface area contributed by atoms with Crippen LogP contribution in [0.25, 0.3) is 11.3 Å². The van der Waals surface area contributed by atoms with Crippen molar-refractivity contribution in [3.63, 3.8) is 0 Å². The zero-order valence-electron chi connectivity index (χ0n) is 16.8. The van der Waals surface area contributed by atoms with Crippen LogP contribution in [0.1, 0.15) is 17.4 Å². The Labute approximate surface area is 181 Å². The third-order valence-corrected chi connectivity index (χ3v) is 5.47. The largest absolute Gasteiger partial charge is 0.496 e. The molecule has 2 aromatic heterocycles. The van der Waals surface area contributed by atoms with E-state index in [2.05, 4.69) is 25.8 Å². The summed E-state index contributed by atoms with van der Waals surface area (Å²) in [7, 11) is 1.60. The molecule has 1 N–H and O–H groups in total. The number of tetrazole rings is 1. The second kappa shape index (κ2) is 9.00. The van der Waals surface area contributed by atoms with Gasteiger partial charge in [-0.15, -0.1) is 16.4 Å². The molecule has 10 heteroatoms. The minimum atomic E-state index is -0.723. The fraction of sp³-hybridized carbons (Fsp3) is 0.190. The molecule has 0 aliphatic heterocycles. The summed E-state index contributed by atoms with van der Waals surface area (Å²) in [6, 6.07) is 12.8. The third kappa shape index (κ3) is 4.58. The lowest BCUT2D eigenvalue weighted by molar-refractivity contribution is -0.119. The molecule has 4 rings (SSSR count). The van der Waals surface area contributed by atoms with Crippen LogP contribution in [-0.4, -0.2) is 38.2 Å². The molecule has 158 valence electrons. The van der Waals surface area contributed by atoms with Crippen LogP contribution in [0.5, 0.6) is 5.75 Å². The van der Waals surface area contributed by atoms with E-state index in [0.29, 0.717) is 28.8 Å². The molecule has 0 radical (unpaired) electrons. The maximum Gasteiger partial charge on any atom is 0.251 e. The number of hydrogen-bond donors (Lipinski definition) is 1. The van der Waals surface area contributed by atoms with Crippen LogP contribution < -0.4 is 10.1 Å². The Bertz CT molecular complexity index is 1190. The van der Waals surface area contributed by atoms with Crippen LogP contribution in [-0.2, 0) is 11.2 Å². The molecule has 1 unspecified atom stereocenters. The van der Waals surface area contributed by atoms with E-state index < -0.39 is 6.04 Å². The number of thiazole rings is 1. The van der Waals surface area contributed by atoms with Gasteiger partial charge >= 0.3 is 0 Å². The Kier molecular flexibility index (Phi) is 5.99. The highest BCUT2D eigenvalue weighted by atomic mass is 32.1. The summed E-state index contributed by atoms with van der Waals surface area (Å²) in [4.78, 5) is 17.7. The smallest absolute Gasteiger partial charge is 0.251 e. The summed E-state index contributed by atoms with van der Waals surface area (Å²) in [5.41, 5.74) is 2.32. The highest BCUT2D eigenvalue weighted by Crippen LogP contribution is 2.32. The minimum absolute atomic E-state index is 0.294. The molecule has 1 amide bonds. The number of para-hydroxylation sites is 1. The van der Waals surface area contributed by atoms with Gasteiger partial charge in [0.05, 0.1) is 12.8 Å². The molecule has 0 bridgehead atoms. The van der Waals surface area contributed by atoms with Crippen molar-refractivity contribution in [2.75, 3.05) is 12.4 Å². The summed E-state index contributed by atoms with van der Waals surface area (Å²) < 4.78 is 20.1. The number of anilines is 1. The van der Waals surface area contributed by atoms with E-state index >= 15 is 0 Å². The monoisotopic (exact) mass is 438 g/mol. The minimum Gasteiger partial charge on any atom is -0.496 e. The highest BCUT2D eigenvalue weighted by Gasteiger charge is 2.25. The third-order valence-electron chi connectivity index (χ3n) is 4.71. The highest BCUT2D eigenvalue weighted by molar-refractivity contribution is 7.14. The number of methoxy groups -OCH3 is 1. The summed E-state index contributed by atoms with van der Waals surface area (Å²) in [5, 5.41) is 16.6. The summed E-state index contributed by atoms with van der Waals surface area (Å²) in [6.07, 6.45) is 0.294. The number of halogens is 1. The van der Waals surface area contributed by atoms with E-state index in [-0.39, 0.29) is 11.7 Å². The number of nitrogens with zero attached hydrogens (tertiary/aromatic N) is 5. The van der Waals surface area contributed by atoms with Gasteiger partial charge in [-0.1, -0.05) is 24.3 Å². The number of nitrogens with one attached hydrogen (secondary N) is 1. The van der Waals surface area contributed by atoms with E-state index in [0.717, 1.165) is 11.1 Å². The van der Waals surface area contributed by atoms with Gasteiger partial charge in [-0.25, -0.2) is 14.1 Å². The molecule has 8 nitrogen and oxygen atoms in total. The number of carbonyl (C=O) groups is 1. The van der Waals surface area contributed by atoms with E-state index in [1.165, 1.54) is 28.2 Å². The standard InChI is InChI=1S/C21H19FN6O2S/c1-13-25-26-27-28(13)18(11-14-7-9-15(22)10-8-14)20(29)24-21-23-17(12-31-21)16-5-3-4-6-19(16)30-2/h3-10,12,18H,11H2,1-2H3,(H,23,24,29). The first-order valence-electron chi connectivity index (χ1n) is 9.44. The van der Waals surface area contributed by atoms with Crippen LogP contribution in [0.15, 0.2) is 53.9 Å². The first kappa shape index (κ1) is 20.6. The number of carbonyl (C=O) groups excluding carboxylic acids is 1. The van der Waals surface area contributed by atoms with Gasteiger partial charge in [0.2, 0.25) is 0 Å². The Morgan fingerprint density at radius 1 is 1.23 bits per heavy atom. The molecular formula is C21H19FN6O2S. The van der Waals surface area contributed by atoms with Gasteiger partial charge in [-0.05, 0) is 47.2 Å². The second-order valence-corrected chi connectivity index (χ2v) is 7.60. The molecule has 0 aliphatic carbocycles. The van der Waals surface area contributed by atoms with Gasteiger partial charge < -0.3 is 10.1 Å². The summed E-state index contributed by atoms with van der Waals surface area (Å²) in [6.45, 7) is 1.72. The molecule has 2 heterocycles. The lowest BCUT2D eigenvalue weighted by Crippen LogP contribution is -2.29. The quantitative estimate of drug-likeness (QED) is 0.473. The first-order chi connectivity index (χ1) is 15.0. The SMILES string of the molecule is COc1ccccc1-c1csc(NC(=O)C(Cc2ccc(F)cc2)n2nnnc2C)n1. The van der Waals surface area contributed by atoms with Crippen molar-refractivity contribution < 1.29 is 13.9 Å². The zero-order valence-corrected chi connectivity index (χ0v) is 17.6. The van der Waals surface area contributed by atoms with E-state index in [1.54, 1.807) is 26.2 Å². The van der Waals surface area contributed by atoms with Crippen molar-refractivity contribution in [1.29, 1.82) is 0 Å². The van der Waals surface area contributed by atoms with Gasteiger partial charge in [0, 0.05) is 17.4 Å². The van der Waals surface area contributed by atoms with Gasteiger partial charge in [0.1, 0.15) is 23.4 Å². The van der Waals surface area contributed by atoms with E-state index in [1.807, 2.05) is 29.6 Å². The van der Waals surface area contributed by atoms with Crippen molar-refractivity contribution in [3.05, 3.63) is 71.1 Å². The van der Waals surface area contributed by atoms with Crippen molar-refractivity contribution in [2.24, 2.45) is 0 Å². The number of rotatable bonds is 7. The summed E-state index contributed by atoms with van der Waals surface area (Å²) in [5.74, 6) is 0.538. The number of ether oxygens (including phenoxy) is 1. The lowest BCUT2D eigenvalue weighted by atomic mass is 10.1. The second-order valence-electron chi connectivity index (χ2n) is 6.74. The Morgan fingerprint density at radius 3 is 2.71 bits per heavy atom. The molecule has 0 fully saturated rings.